The smallest absolute Gasteiger partial charge is 0.224 e. The highest BCUT2D eigenvalue weighted by atomic mass is 15.2. The molecule has 1 N–H and O–H groups in total. The lowest BCUT2D eigenvalue weighted by atomic mass is 10.2. The quantitative estimate of drug-likeness (QED) is 0.611. The Bertz CT molecular complexity index is 942. The van der Waals surface area contributed by atoms with Gasteiger partial charge in [0.05, 0.1) is 16.6 Å². The average molecular weight is 275 g/mol. The van der Waals surface area contributed by atoms with E-state index in [2.05, 4.69) is 20.3 Å². The molecule has 2 heterocycles. The van der Waals surface area contributed by atoms with E-state index in [9.17, 15) is 0 Å². The molecule has 5 nitrogen and oxygen atoms in total. The topological polar surface area (TPSA) is 55.6 Å². The molecule has 0 saturated carbocycles. The van der Waals surface area contributed by atoms with Gasteiger partial charge in [0.25, 0.3) is 0 Å². The number of rotatable bonds is 2. The second-order valence-corrected chi connectivity index (χ2v) is 4.74. The van der Waals surface area contributed by atoms with Crippen LogP contribution in [0.2, 0.25) is 0 Å². The monoisotopic (exact) mass is 275 g/mol. The van der Waals surface area contributed by atoms with Crippen LogP contribution in [0.3, 0.4) is 0 Å². The van der Waals surface area contributed by atoms with Crippen LogP contribution in [0, 0.1) is 0 Å². The van der Waals surface area contributed by atoms with Gasteiger partial charge in [-0.15, -0.1) is 0 Å². The first-order valence-corrected chi connectivity index (χ1v) is 6.74. The highest BCUT2D eigenvalue weighted by Gasteiger charge is 2.11. The molecule has 2 aromatic carbocycles. The molecular weight excluding hydrogens is 262 g/mol. The molecular formula is C16H13N5. The van der Waals surface area contributed by atoms with Crippen molar-refractivity contribution in [3.05, 3.63) is 54.9 Å². The highest BCUT2D eigenvalue weighted by Crippen LogP contribution is 2.24. The summed E-state index contributed by atoms with van der Waals surface area (Å²) in [7, 11) is 1.82. The van der Waals surface area contributed by atoms with Crippen molar-refractivity contribution in [2.75, 3.05) is 12.4 Å². The number of nitrogens with zero attached hydrogens (tertiary/aromatic N) is 4. The summed E-state index contributed by atoms with van der Waals surface area (Å²) >= 11 is 0. The van der Waals surface area contributed by atoms with Crippen molar-refractivity contribution in [3.8, 4) is 5.82 Å². The van der Waals surface area contributed by atoms with Crippen molar-refractivity contribution < 1.29 is 0 Å². The van der Waals surface area contributed by atoms with Crippen LogP contribution in [0.1, 0.15) is 0 Å². The molecule has 0 spiro atoms. The van der Waals surface area contributed by atoms with Crippen LogP contribution < -0.4 is 5.32 Å². The van der Waals surface area contributed by atoms with Crippen molar-refractivity contribution in [2.45, 2.75) is 0 Å². The van der Waals surface area contributed by atoms with E-state index in [4.69, 9.17) is 0 Å². The summed E-state index contributed by atoms with van der Waals surface area (Å²) in [5, 5.41) is 4.01. The van der Waals surface area contributed by atoms with Crippen molar-refractivity contribution in [3.63, 3.8) is 0 Å². The van der Waals surface area contributed by atoms with Crippen molar-refractivity contribution >= 4 is 27.9 Å². The number of hydrogen-bond acceptors (Lipinski definition) is 4. The van der Waals surface area contributed by atoms with Crippen molar-refractivity contribution in [2.24, 2.45) is 0 Å². The van der Waals surface area contributed by atoms with E-state index in [0.29, 0.717) is 5.95 Å². The fourth-order valence-electron chi connectivity index (χ4n) is 2.48. The van der Waals surface area contributed by atoms with Gasteiger partial charge in [-0.1, -0.05) is 24.3 Å². The average Bonchev–Trinajstić information content (AvgIpc) is 2.97. The Balaban J connectivity index is 2.09. The van der Waals surface area contributed by atoms with Crippen LogP contribution in [-0.2, 0) is 0 Å². The van der Waals surface area contributed by atoms with Gasteiger partial charge in [0.2, 0.25) is 5.95 Å². The number of para-hydroxylation sites is 3. The van der Waals surface area contributed by atoms with Gasteiger partial charge in [0.15, 0.2) is 5.82 Å². The zero-order valence-corrected chi connectivity index (χ0v) is 11.5. The molecule has 0 aliphatic heterocycles. The van der Waals surface area contributed by atoms with Gasteiger partial charge in [0, 0.05) is 12.4 Å². The van der Waals surface area contributed by atoms with Gasteiger partial charge in [-0.2, -0.15) is 4.98 Å². The second kappa shape index (κ2) is 4.56. The largest absolute Gasteiger partial charge is 0.357 e. The molecule has 0 amide bonds. The third-order valence-electron chi connectivity index (χ3n) is 3.49. The number of nitrogens with one attached hydrogen (secondary N) is 1. The summed E-state index contributed by atoms with van der Waals surface area (Å²) in [4.78, 5) is 13.5. The van der Waals surface area contributed by atoms with E-state index < -0.39 is 0 Å². The van der Waals surface area contributed by atoms with Crippen LogP contribution >= 0.6 is 0 Å². The number of imidazole rings is 1. The maximum Gasteiger partial charge on any atom is 0.224 e. The standard InChI is InChI=1S/C16H13N5/c1-17-16-19-12-7-3-2-6-11(12)15(20-16)21-10-18-13-8-4-5-9-14(13)21/h2-10H,1H3,(H,17,19,20). The zero-order chi connectivity index (χ0) is 14.2. The van der Waals surface area contributed by atoms with Crippen molar-refractivity contribution in [1.29, 1.82) is 0 Å². The summed E-state index contributed by atoms with van der Waals surface area (Å²) in [6.07, 6.45) is 1.80. The summed E-state index contributed by atoms with van der Waals surface area (Å²) in [5.41, 5.74) is 2.89. The maximum absolute atomic E-state index is 4.61. The van der Waals surface area contributed by atoms with E-state index in [1.807, 2.05) is 60.1 Å². The molecule has 102 valence electrons. The molecule has 5 heteroatoms. The minimum atomic E-state index is 0.599. The number of hydrogen-bond donors (Lipinski definition) is 1. The molecule has 0 atom stereocenters. The summed E-state index contributed by atoms with van der Waals surface area (Å²) < 4.78 is 2.00. The Morgan fingerprint density at radius 3 is 2.52 bits per heavy atom. The minimum absolute atomic E-state index is 0.599. The maximum atomic E-state index is 4.61. The summed E-state index contributed by atoms with van der Waals surface area (Å²) in [5.74, 6) is 1.43. The van der Waals surface area contributed by atoms with E-state index in [1.165, 1.54) is 0 Å². The third-order valence-corrected chi connectivity index (χ3v) is 3.49. The summed E-state index contributed by atoms with van der Waals surface area (Å²) in [6, 6.07) is 16.0. The fourth-order valence-corrected chi connectivity index (χ4v) is 2.48. The van der Waals surface area contributed by atoms with Crippen LogP contribution in [0.5, 0.6) is 0 Å². The predicted octanol–water partition coefficient (Wildman–Crippen LogP) is 3.01. The Morgan fingerprint density at radius 2 is 1.67 bits per heavy atom. The second-order valence-electron chi connectivity index (χ2n) is 4.74. The highest BCUT2D eigenvalue weighted by molar-refractivity contribution is 5.89. The van der Waals surface area contributed by atoms with Gasteiger partial charge in [-0.3, -0.25) is 4.57 Å². The number of fused-ring (bicyclic) bond motifs is 2. The van der Waals surface area contributed by atoms with Crippen LogP contribution in [0.4, 0.5) is 5.95 Å². The van der Waals surface area contributed by atoms with Crippen LogP contribution in [-0.4, -0.2) is 26.6 Å². The SMILES string of the molecule is CNc1nc(-n2cnc3ccccc32)c2ccccc2n1. The molecule has 4 rings (SSSR count). The first-order valence-electron chi connectivity index (χ1n) is 6.74. The Hall–Kier alpha value is -2.95. The number of anilines is 1. The molecule has 2 aromatic heterocycles. The molecule has 0 fully saturated rings. The van der Waals surface area contributed by atoms with Gasteiger partial charge >= 0.3 is 0 Å². The first kappa shape index (κ1) is 11.8. The molecule has 0 aliphatic carbocycles. The molecule has 0 unspecified atom stereocenters. The Kier molecular flexibility index (Phi) is 2.57. The van der Waals surface area contributed by atoms with Crippen LogP contribution in [0.15, 0.2) is 54.9 Å². The van der Waals surface area contributed by atoms with E-state index >= 15 is 0 Å². The van der Waals surface area contributed by atoms with Gasteiger partial charge in [0.1, 0.15) is 6.33 Å². The van der Waals surface area contributed by atoms with E-state index in [1.54, 1.807) is 6.33 Å². The molecule has 0 saturated heterocycles. The number of aromatic nitrogens is 4. The first-order chi connectivity index (χ1) is 10.4. The fraction of sp³-hybridized carbons (Fsp3) is 0.0625. The lowest BCUT2D eigenvalue weighted by Gasteiger charge is -2.09. The van der Waals surface area contributed by atoms with E-state index in [0.717, 1.165) is 27.8 Å². The van der Waals surface area contributed by atoms with Crippen LogP contribution in [0.25, 0.3) is 27.8 Å². The molecule has 0 bridgehead atoms. The third kappa shape index (κ3) is 1.82. The molecule has 0 radical (unpaired) electrons. The lowest BCUT2D eigenvalue weighted by molar-refractivity contribution is 1.02. The number of benzene rings is 2. The summed E-state index contributed by atoms with van der Waals surface area (Å²) in [6.45, 7) is 0. The van der Waals surface area contributed by atoms with Crippen molar-refractivity contribution in [1.82, 2.24) is 19.5 Å². The molecule has 4 aromatic rings. The lowest BCUT2D eigenvalue weighted by Crippen LogP contribution is -2.03. The van der Waals surface area contributed by atoms with Gasteiger partial charge in [-0.25, -0.2) is 9.97 Å². The normalized spacial score (nSPS) is 11.1. The molecule has 0 aliphatic rings. The predicted molar refractivity (Wildman–Crippen MR) is 83.7 cm³/mol. The molecule has 21 heavy (non-hydrogen) atoms. The zero-order valence-electron chi connectivity index (χ0n) is 11.5. The van der Waals surface area contributed by atoms with Gasteiger partial charge < -0.3 is 5.32 Å². The van der Waals surface area contributed by atoms with E-state index in [-0.39, 0.29) is 0 Å². The minimum Gasteiger partial charge on any atom is -0.357 e. The Morgan fingerprint density at radius 1 is 0.905 bits per heavy atom. The van der Waals surface area contributed by atoms with Gasteiger partial charge in [-0.05, 0) is 24.3 Å². The Labute approximate surface area is 121 Å².